The van der Waals surface area contributed by atoms with Crippen molar-refractivity contribution in [2.45, 2.75) is 6.18 Å². The summed E-state index contributed by atoms with van der Waals surface area (Å²) >= 11 is 0. The number of benzene rings is 2. The summed E-state index contributed by atoms with van der Waals surface area (Å²) in [5.74, 6) is -2.11. The zero-order chi connectivity index (χ0) is 16.6. The maximum Gasteiger partial charge on any atom is 0.451 e. The third-order valence-corrected chi connectivity index (χ3v) is 3.04. The summed E-state index contributed by atoms with van der Waals surface area (Å²) < 4.78 is 52.1. The van der Waals surface area contributed by atoms with Crippen LogP contribution in [-0.4, -0.2) is 15.1 Å². The molecule has 0 aliphatic rings. The van der Waals surface area contributed by atoms with Crippen molar-refractivity contribution < 1.29 is 22.7 Å². The van der Waals surface area contributed by atoms with E-state index in [1.807, 2.05) is 0 Å². The van der Waals surface area contributed by atoms with Gasteiger partial charge >= 0.3 is 6.18 Å². The predicted octanol–water partition coefficient (Wildman–Crippen LogP) is 4.24. The molecule has 0 bridgehead atoms. The third-order valence-electron chi connectivity index (χ3n) is 3.04. The molecule has 4 nitrogen and oxygen atoms in total. The molecule has 0 aliphatic carbocycles. The molecule has 2 N–H and O–H groups in total. The average Bonchev–Trinajstić information content (AvgIpc) is 2.49. The number of hydrogen-bond acceptors (Lipinski definition) is 4. The Morgan fingerprint density at radius 3 is 2.30 bits per heavy atom. The minimum atomic E-state index is -4.73. The summed E-state index contributed by atoms with van der Waals surface area (Å²) in [6.45, 7) is 0. The molecule has 1 heterocycles. The van der Waals surface area contributed by atoms with E-state index in [0.29, 0.717) is 5.69 Å². The van der Waals surface area contributed by atoms with Crippen LogP contribution in [-0.2, 0) is 6.18 Å². The number of aromatic nitrogens is 2. The van der Waals surface area contributed by atoms with E-state index in [4.69, 9.17) is 0 Å². The van der Waals surface area contributed by atoms with E-state index in [-0.39, 0.29) is 22.5 Å². The van der Waals surface area contributed by atoms with Crippen molar-refractivity contribution in [3.05, 3.63) is 54.1 Å². The van der Waals surface area contributed by atoms with Gasteiger partial charge in [0.15, 0.2) is 0 Å². The number of phenolic OH excluding ortho intramolecular Hbond substituents is 1. The van der Waals surface area contributed by atoms with Gasteiger partial charge in [0.25, 0.3) is 0 Å². The molecule has 3 rings (SSSR count). The predicted molar refractivity (Wildman–Crippen MR) is 75.9 cm³/mol. The van der Waals surface area contributed by atoms with Crippen molar-refractivity contribution in [1.82, 2.24) is 9.97 Å². The maximum absolute atomic E-state index is 13.4. The van der Waals surface area contributed by atoms with Crippen LogP contribution in [0, 0.1) is 5.82 Å². The van der Waals surface area contributed by atoms with Crippen LogP contribution >= 0.6 is 0 Å². The van der Waals surface area contributed by atoms with Gasteiger partial charge < -0.3 is 10.4 Å². The topological polar surface area (TPSA) is 58.0 Å². The number of halogens is 4. The lowest BCUT2D eigenvalue weighted by Crippen LogP contribution is -2.12. The molecule has 0 saturated carbocycles. The third kappa shape index (κ3) is 3.15. The molecule has 8 heteroatoms. The fourth-order valence-electron chi connectivity index (χ4n) is 2.00. The number of nitrogens with zero attached hydrogens (tertiary/aromatic N) is 2. The number of anilines is 2. The number of fused-ring (bicyclic) bond motifs is 1. The first-order valence-corrected chi connectivity index (χ1v) is 6.43. The number of aromatic hydroxyl groups is 1. The summed E-state index contributed by atoms with van der Waals surface area (Å²) in [6, 6.07) is 8.86. The standard InChI is InChI=1S/C15H9F4N3O/c16-8-1-6-12-11(7-8)13(22-14(21-12)15(17,18)19)20-9-2-4-10(23)5-3-9/h1-7,23H,(H,20,21,22). The highest BCUT2D eigenvalue weighted by Crippen LogP contribution is 2.32. The first kappa shape index (κ1) is 15.0. The molecule has 2 aromatic carbocycles. The van der Waals surface area contributed by atoms with Crippen LogP contribution in [0.4, 0.5) is 29.1 Å². The second-order valence-corrected chi connectivity index (χ2v) is 4.73. The van der Waals surface area contributed by atoms with Crippen LogP contribution in [0.25, 0.3) is 10.9 Å². The molecule has 0 unspecified atom stereocenters. The van der Waals surface area contributed by atoms with E-state index in [9.17, 15) is 22.7 Å². The molecule has 1 aromatic heterocycles. The highest BCUT2D eigenvalue weighted by atomic mass is 19.4. The van der Waals surface area contributed by atoms with Gasteiger partial charge in [-0.1, -0.05) is 0 Å². The quantitative estimate of drug-likeness (QED) is 0.547. The molecule has 0 amide bonds. The fraction of sp³-hybridized carbons (Fsp3) is 0.0667. The molecule has 118 valence electrons. The van der Waals surface area contributed by atoms with Gasteiger partial charge in [-0.15, -0.1) is 0 Å². The van der Waals surface area contributed by atoms with Gasteiger partial charge in [0.05, 0.1) is 5.52 Å². The second kappa shape index (κ2) is 5.38. The van der Waals surface area contributed by atoms with E-state index in [0.717, 1.165) is 18.2 Å². The van der Waals surface area contributed by atoms with Crippen LogP contribution in [0.3, 0.4) is 0 Å². The summed E-state index contributed by atoms with van der Waals surface area (Å²) in [6.07, 6.45) is -4.73. The first-order valence-electron chi connectivity index (χ1n) is 6.43. The first-order chi connectivity index (χ1) is 10.8. The summed E-state index contributed by atoms with van der Waals surface area (Å²) in [7, 11) is 0. The fourth-order valence-corrected chi connectivity index (χ4v) is 2.00. The summed E-state index contributed by atoms with van der Waals surface area (Å²) in [4.78, 5) is 6.88. The Labute approximate surface area is 127 Å². The Bertz CT molecular complexity index is 863. The molecular formula is C15H9F4N3O. The van der Waals surface area contributed by atoms with Crippen molar-refractivity contribution in [3.63, 3.8) is 0 Å². The number of hydrogen-bond donors (Lipinski definition) is 2. The van der Waals surface area contributed by atoms with Crippen LogP contribution < -0.4 is 5.32 Å². The number of alkyl halides is 3. The molecule has 0 aliphatic heterocycles. The molecule has 0 saturated heterocycles. The molecule has 0 fully saturated rings. The maximum atomic E-state index is 13.4. The monoisotopic (exact) mass is 323 g/mol. The Morgan fingerprint density at radius 1 is 0.957 bits per heavy atom. The van der Waals surface area contributed by atoms with Crippen molar-refractivity contribution in [3.8, 4) is 5.75 Å². The normalized spacial score (nSPS) is 11.7. The van der Waals surface area contributed by atoms with E-state index >= 15 is 0 Å². The molecule has 0 atom stereocenters. The van der Waals surface area contributed by atoms with Crippen molar-refractivity contribution >= 4 is 22.4 Å². The van der Waals surface area contributed by atoms with E-state index in [1.54, 1.807) is 0 Å². The van der Waals surface area contributed by atoms with Gasteiger partial charge in [-0.3, -0.25) is 0 Å². The highest BCUT2D eigenvalue weighted by Gasteiger charge is 2.35. The van der Waals surface area contributed by atoms with Gasteiger partial charge in [0.2, 0.25) is 5.82 Å². The zero-order valence-electron chi connectivity index (χ0n) is 11.4. The Kier molecular flexibility index (Phi) is 3.51. The summed E-state index contributed by atoms with van der Waals surface area (Å²) in [5, 5.41) is 12.0. The van der Waals surface area contributed by atoms with Gasteiger partial charge in [-0.2, -0.15) is 13.2 Å². The molecule has 23 heavy (non-hydrogen) atoms. The number of phenols is 1. The molecular weight excluding hydrogens is 314 g/mol. The minimum absolute atomic E-state index is 0.00474. The minimum Gasteiger partial charge on any atom is -0.508 e. The van der Waals surface area contributed by atoms with Crippen LogP contribution in [0.15, 0.2) is 42.5 Å². The Morgan fingerprint density at radius 2 is 1.65 bits per heavy atom. The number of nitrogens with one attached hydrogen (secondary N) is 1. The van der Waals surface area contributed by atoms with E-state index in [1.165, 1.54) is 24.3 Å². The van der Waals surface area contributed by atoms with Crippen LogP contribution in [0.2, 0.25) is 0 Å². The lowest BCUT2D eigenvalue weighted by atomic mass is 10.2. The van der Waals surface area contributed by atoms with Crippen LogP contribution in [0.5, 0.6) is 5.75 Å². The summed E-state index contributed by atoms with van der Waals surface area (Å²) in [5.41, 5.74) is 0.357. The lowest BCUT2D eigenvalue weighted by molar-refractivity contribution is -0.144. The van der Waals surface area contributed by atoms with Gasteiger partial charge in [0.1, 0.15) is 17.4 Å². The lowest BCUT2D eigenvalue weighted by Gasteiger charge is -2.12. The van der Waals surface area contributed by atoms with Gasteiger partial charge in [-0.05, 0) is 42.5 Å². The molecule has 0 spiro atoms. The van der Waals surface area contributed by atoms with Gasteiger partial charge in [-0.25, -0.2) is 14.4 Å². The van der Waals surface area contributed by atoms with Crippen molar-refractivity contribution in [1.29, 1.82) is 0 Å². The smallest absolute Gasteiger partial charge is 0.451 e. The van der Waals surface area contributed by atoms with Crippen molar-refractivity contribution in [2.75, 3.05) is 5.32 Å². The molecule has 3 aromatic rings. The zero-order valence-corrected chi connectivity index (χ0v) is 11.4. The molecule has 0 radical (unpaired) electrons. The number of rotatable bonds is 2. The Hall–Kier alpha value is -2.90. The second-order valence-electron chi connectivity index (χ2n) is 4.73. The highest BCUT2D eigenvalue weighted by molar-refractivity contribution is 5.90. The van der Waals surface area contributed by atoms with E-state index < -0.39 is 17.8 Å². The van der Waals surface area contributed by atoms with E-state index in [2.05, 4.69) is 15.3 Å². The average molecular weight is 323 g/mol. The largest absolute Gasteiger partial charge is 0.508 e. The van der Waals surface area contributed by atoms with Gasteiger partial charge in [0, 0.05) is 11.1 Å². The van der Waals surface area contributed by atoms with Crippen LogP contribution in [0.1, 0.15) is 5.82 Å². The Balaban J connectivity index is 2.15. The van der Waals surface area contributed by atoms with Crippen molar-refractivity contribution in [2.24, 2.45) is 0 Å². The SMILES string of the molecule is Oc1ccc(Nc2nc(C(F)(F)F)nc3ccc(F)cc23)cc1.